The Balaban J connectivity index is 0.000000254. The highest BCUT2D eigenvalue weighted by Gasteiger charge is 2.45. The number of hydrogen-bond acceptors (Lipinski definition) is 6. The first-order chi connectivity index (χ1) is 14.7. The molecule has 9 nitrogen and oxygen atoms in total. The second kappa shape index (κ2) is 9.24. The average molecular weight is 450 g/mol. The lowest BCUT2D eigenvalue weighted by Crippen LogP contribution is -2.55. The predicted molar refractivity (Wildman–Crippen MR) is 111 cm³/mol. The van der Waals surface area contributed by atoms with Crippen LogP contribution >= 0.6 is 0 Å². The van der Waals surface area contributed by atoms with E-state index in [0.717, 1.165) is 0 Å². The number of benzene rings is 1. The summed E-state index contributed by atoms with van der Waals surface area (Å²) in [4.78, 5) is 24.5. The van der Waals surface area contributed by atoms with Crippen molar-refractivity contribution in [3.8, 4) is 6.07 Å². The Bertz CT molecular complexity index is 949. The maximum absolute atomic E-state index is 12.6. The first-order valence-electron chi connectivity index (χ1n) is 10.2. The zero-order valence-corrected chi connectivity index (χ0v) is 18.2. The van der Waals surface area contributed by atoms with Crippen molar-refractivity contribution in [2.24, 2.45) is 5.92 Å². The number of methoxy groups -OCH3 is 1. The molecule has 1 aliphatic heterocycles. The first kappa shape index (κ1) is 23.0. The summed E-state index contributed by atoms with van der Waals surface area (Å²) in [6.45, 7) is 1.25. The second-order valence-corrected chi connectivity index (χ2v) is 10.4. The number of carboxylic acid groups (broad SMARTS) is 1. The Morgan fingerprint density at radius 2 is 1.87 bits per heavy atom. The molecule has 1 aromatic rings. The van der Waals surface area contributed by atoms with E-state index in [1.165, 1.54) is 0 Å². The third-order valence-electron chi connectivity index (χ3n) is 6.05. The molecule has 2 atom stereocenters. The van der Waals surface area contributed by atoms with Gasteiger partial charge >= 0.3 is 6.09 Å². The van der Waals surface area contributed by atoms with Crippen LogP contribution in [0.2, 0.25) is 0 Å². The van der Waals surface area contributed by atoms with Crippen LogP contribution in [0.5, 0.6) is 0 Å². The van der Waals surface area contributed by atoms with Crippen LogP contribution in [-0.4, -0.2) is 67.5 Å². The van der Waals surface area contributed by atoms with Crippen LogP contribution in [0.4, 0.5) is 4.79 Å². The van der Waals surface area contributed by atoms with Crippen molar-refractivity contribution in [1.29, 1.82) is 5.26 Å². The largest absolute Gasteiger partial charge is 0.465 e. The van der Waals surface area contributed by atoms with Gasteiger partial charge in [0.15, 0.2) is 9.84 Å². The van der Waals surface area contributed by atoms with E-state index < -0.39 is 26.7 Å². The molecular weight excluding hydrogens is 422 g/mol. The number of hydrogen-bond donors (Lipinski definition) is 2. The normalized spacial score (nSPS) is 24.2. The topological polar surface area (TPSA) is 137 Å². The van der Waals surface area contributed by atoms with Gasteiger partial charge < -0.3 is 20.1 Å². The van der Waals surface area contributed by atoms with Gasteiger partial charge in [0, 0.05) is 26.1 Å². The molecule has 4 rings (SSSR count). The summed E-state index contributed by atoms with van der Waals surface area (Å²) in [5.74, 6) is -0.0830. The number of carbonyl (C=O) groups is 2. The average Bonchev–Trinajstić information content (AvgIpc) is 3.29. The molecule has 1 heterocycles. The number of likely N-dealkylation sites (tertiary alicyclic amines) is 1. The van der Waals surface area contributed by atoms with Crippen LogP contribution < -0.4 is 5.32 Å². The smallest absolute Gasteiger partial charge is 0.405 e. The van der Waals surface area contributed by atoms with E-state index in [2.05, 4.69) is 5.32 Å². The van der Waals surface area contributed by atoms with Crippen LogP contribution in [0.1, 0.15) is 32.1 Å². The predicted octanol–water partition coefficient (Wildman–Crippen LogP) is 1.80. The molecule has 10 heteroatoms. The number of rotatable bonds is 5. The van der Waals surface area contributed by atoms with E-state index in [1.54, 1.807) is 42.3 Å². The van der Waals surface area contributed by atoms with Gasteiger partial charge in [0.2, 0.25) is 5.91 Å². The fourth-order valence-electron chi connectivity index (χ4n) is 3.87. The van der Waals surface area contributed by atoms with Gasteiger partial charge in [0.05, 0.1) is 22.3 Å². The number of carbonyl (C=O) groups excluding carboxylic acids is 1. The Morgan fingerprint density at radius 3 is 2.35 bits per heavy atom. The molecule has 2 N–H and O–H groups in total. The van der Waals surface area contributed by atoms with Gasteiger partial charge in [-0.2, -0.15) is 5.26 Å². The lowest BCUT2D eigenvalue weighted by Gasteiger charge is -2.39. The van der Waals surface area contributed by atoms with Gasteiger partial charge in [-0.3, -0.25) is 4.79 Å². The fourth-order valence-corrected chi connectivity index (χ4v) is 5.72. The highest BCUT2D eigenvalue weighted by Crippen LogP contribution is 2.35. The van der Waals surface area contributed by atoms with Crippen molar-refractivity contribution in [3.63, 3.8) is 0 Å². The molecule has 0 spiro atoms. The van der Waals surface area contributed by atoms with E-state index in [-0.39, 0.29) is 17.9 Å². The van der Waals surface area contributed by atoms with E-state index in [0.29, 0.717) is 50.1 Å². The van der Waals surface area contributed by atoms with Crippen LogP contribution in [0.3, 0.4) is 0 Å². The number of nitrogens with zero attached hydrogens (tertiary/aromatic N) is 2. The van der Waals surface area contributed by atoms with Crippen molar-refractivity contribution < 1.29 is 27.9 Å². The van der Waals surface area contributed by atoms with Gasteiger partial charge in [-0.25, -0.2) is 13.2 Å². The SMILES string of the molecule is COC1CN(C(=O)[C@@H]2CC[C@@H](S(=O)(=O)c3ccccc3)C2)C1.N#CC1(NC(=O)O)CC1. The molecule has 31 heavy (non-hydrogen) atoms. The lowest BCUT2D eigenvalue weighted by molar-refractivity contribution is -0.147. The molecule has 1 aromatic carbocycles. The minimum Gasteiger partial charge on any atom is -0.465 e. The molecule has 2 aliphatic carbocycles. The van der Waals surface area contributed by atoms with Gasteiger partial charge in [-0.15, -0.1) is 0 Å². The molecule has 0 radical (unpaired) electrons. The van der Waals surface area contributed by atoms with Crippen LogP contribution in [0.15, 0.2) is 35.2 Å². The van der Waals surface area contributed by atoms with Crippen molar-refractivity contribution in [2.45, 2.75) is 53.9 Å². The zero-order chi connectivity index (χ0) is 22.6. The summed E-state index contributed by atoms with van der Waals surface area (Å²) < 4.78 is 30.4. The van der Waals surface area contributed by atoms with E-state index >= 15 is 0 Å². The summed E-state index contributed by atoms with van der Waals surface area (Å²) in [5, 5.41) is 18.2. The minimum absolute atomic E-state index is 0.0825. The Hall–Kier alpha value is -2.64. The summed E-state index contributed by atoms with van der Waals surface area (Å²) in [7, 11) is -1.69. The molecule has 168 valence electrons. The summed E-state index contributed by atoms with van der Waals surface area (Å²) in [6.07, 6.45) is 1.97. The number of ether oxygens (including phenoxy) is 1. The summed E-state index contributed by atoms with van der Waals surface area (Å²) in [5.41, 5.74) is -0.730. The standard InChI is InChI=1S/C16H21NO4S.C5H6N2O2/c1-21-13-10-17(11-13)16(18)12-7-8-15(9-12)22(19,20)14-5-3-2-4-6-14;6-3-5(1-2-5)7-4(8)9/h2-6,12-13,15H,7-11H2,1H3;7H,1-2H2,(H,8,9)/t12-,15-;/m1./s1. The van der Waals surface area contributed by atoms with Gasteiger partial charge in [-0.1, -0.05) is 18.2 Å². The molecule has 3 aliphatic rings. The van der Waals surface area contributed by atoms with Crippen LogP contribution in [-0.2, 0) is 19.4 Å². The van der Waals surface area contributed by atoms with Crippen molar-refractivity contribution in [2.75, 3.05) is 20.2 Å². The third-order valence-corrected chi connectivity index (χ3v) is 8.28. The van der Waals surface area contributed by atoms with E-state index in [4.69, 9.17) is 15.1 Å². The van der Waals surface area contributed by atoms with Crippen molar-refractivity contribution >= 4 is 21.8 Å². The number of amides is 2. The molecule has 3 fully saturated rings. The third kappa shape index (κ3) is 5.35. The first-order valence-corrected chi connectivity index (χ1v) is 11.8. The minimum atomic E-state index is -3.33. The molecule has 2 saturated carbocycles. The molecule has 2 amide bonds. The second-order valence-electron chi connectivity index (χ2n) is 8.22. The van der Waals surface area contributed by atoms with Gasteiger partial charge in [-0.05, 0) is 44.2 Å². The number of nitrogens with one attached hydrogen (secondary N) is 1. The molecular formula is C21H27N3O6S. The molecule has 0 bridgehead atoms. The molecule has 0 unspecified atom stereocenters. The zero-order valence-electron chi connectivity index (χ0n) is 17.4. The molecule has 0 aromatic heterocycles. The Kier molecular flexibility index (Phi) is 6.86. The molecule has 1 saturated heterocycles. The van der Waals surface area contributed by atoms with Crippen molar-refractivity contribution in [3.05, 3.63) is 30.3 Å². The quantitative estimate of drug-likeness (QED) is 0.699. The van der Waals surface area contributed by atoms with Crippen LogP contribution in [0, 0.1) is 17.2 Å². The van der Waals surface area contributed by atoms with E-state index in [1.807, 2.05) is 6.07 Å². The maximum atomic E-state index is 12.6. The van der Waals surface area contributed by atoms with Crippen LogP contribution in [0.25, 0.3) is 0 Å². The summed E-state index contributed by atoms with van der Waals surface area (Å²) >= 11 is 0. The fraction of sp³-hybridized carbons (Fsp3) is 0.571. The monoisotopic (exact) mass is 449 g/mol. The Morgan fingerprint density at radius 1 is 1.23 bits per heavy atom. The maximum Gasteiger partial charge on any atom is 0.405 e. The lowest BCUT2D eigenvalue weighted by atomic mass is 10.0. The highest BCUT2D eigenvalue weighted by atomic mass is 32.2. The number of sulfone groups is 1. The van der Waals surface area contributed by atoms with E-state index in [9.17, 15) is 18.0 Å². The Labute approximate surface area is 181 Å². The van der Waals surface area contributed by atoms with Gasteiger partial charge in [0.1, 0.15) is 5.54 Å². The number of nitriles is 1. The van der Waals surface area contributed by atoms with Gasteiger partial charge in [0.25, 0.3) is 0 Å². The van der Waals surface area contributed by atoms with Crippen molar-refractivity contribution in [1.82, 2.24) is 10.2 Å². The highest BCUT2D eigenvalue weighted by molar-refractivity contribution is 7.92. The summed E-state index contributed by atoms with van der Waals surface area (Å²) in [6, 6.07) is 10.4.